The van der Waals surface area contributed by atoms with E-state index in [0.29, 0.717) is 11.8 Å². The number of imidazole rings is 1. The number of benzene rings is 2. The second-order valence-corrected chi connectivity index (χ2v) is 5.77. The zero-order valence-corrected chi connectivity index (χ0v) is 12.1. The van der Waals surface area contributed by atoms with Gasteiger partial charge in [0, 0.05) is 12.5 Å². The summed E-state index contributed by atoms with van der Waals surface area (Å²) in [4.78, 5) is 4.50. The van der Waals surface area contributed by atoms with Crippen molar-refractivity contribution in [2.45, 2.75) is 24.8 Å². The van der Waals surface area contributed by atoms with Gasteiger partial charge in [0.2, 0.25) is 0 Å². The molecule has 1 aromatic heterocycles. The summed E-state index contributed by atoms with van der Waals surface area (Å²) in [6.07, 6.45) is 1.06. The largest absolute Gasteiger partial charge is 0.326 e. The number of halogens is 2. The van der Waals surface area contributed by atoms with Gasteiger partial charge in [0.1, 0.15) is 11.6 Å². The van der Waals surface area contributed by atoms with Crippen molar-refractivity contribution in [3.63, 3.8) is 0 Å². The second kappa shape index (κ2) is 4.85. The maximum Gasteiger partial charge on any atom is 0.125 e. The molecule has 106 valence electrons. The van der Waals surface area contributed by atoms with Gasteiger partial charge < -0.3 is 4.57 Å². The van der Waals surface area contributed by atoms with Gasteiger partial charge in [-0.05, 0) is 35.7 Å². The molecule has 2 nitrogen and oxygen atoms in total. The molecular weight excluding hydrogens is 287 g/mol. The van der Waals surface area contributed by atoms with Crippen LogP contribution in [0.15, 0.2) is 42.5 Å². The minimum Gasteiger partial charge on any atom is -0.326 e. The average molecular weight is 301 g/mol. The highest BCUT2D eigenvalue weighted by Crippen LogP contribution is 2.37. The van der Waals surface area contributed by atoms with E-state index in [1.54, 1.807) is 12.1 Å². The van der Waals surface area contributed by atoms with Gasteiger partial charge in [0.05, 0.1) is 16.9 Å². The van der Waals surface area contributed by atoms with Gasteiger partial charge in [0.15, 0.2) is 0 Å². The van der Waals surface area contributed by atoms with Gasteiger partial charge in [-0.1, -0.05) is 24.3 Å². The lowest BCUT2D eigenvalue weighted by molar-refractivity contribution is 0.508. The highest BCUT2D eigenvalue weighted by atomic mass is 35.5. The minimum atomic E-state index is -0.237. The third kappa shape index (κ3) is 2.04. The summed E-state index contributed by atoms with van der Waals surface area (Å²) in [5.41, 5.74) is 4.43. The molecule has 0 radical (unpaired) electrons. The van der Waals surface area contributed by atoms with Gasteiger partial charge in [-0.25, -0.2) is 9.37 Å². The summed E-state index contributed by atoms with van der Waals surface area (Å²) >= 11 is 6.01. The molecule has 0 saturated carbocycles. The number of rotatable bonds is 3. The standard InChI is InChI=1S/C17H14ClFN2/c18-9-17-20-15-6-5-13(19)8-16(15)21(17)10-12-7-11-3-1-2-4-14(11)12/h1-6,8,12H,7,9-10H2. The molecule has 0 spiro atoms. The molecule has 0 aliphatic heterocycles. The van der Waals surface area contributed by atoms with Crippen LogP contribution < -0.4 is 0 Å². The van der Waals surface area contributed by atoms with Gasteiger partial charge in [-0.3, -0.25) is 0 Å². The minimum absolute atomic E-state index is 0.237. The Morgan fingerprint density at radius 2 is 2.10 bits per heavy atom. The Kier molecular flexibility index (Phi) is 2.96. The highest BCUT2D eigenvalue weighted by molar-refractivity contribution is 6.16. The maximum absolute atomic E-state index is 13.5. The Labute approximate surface area is 127 Å². The maximum atomic E-state index is 13.5. The first-order valence-corrected chi connectivity index (χ1v) is 7.58. The van der Waals surface area contributed by atoms with Crippen LogP contribution in [0, 0.1) is 5.82 Å². The lowest BCUT2D eigenvalue weighted by Gasteiger charge is -2.31. The molecular formula is C17H14ClFN2. The van der Waals surface area contributed by atoms with Crippen LogP contribution in [0.1, 0.15) is 22.9 Å². The zero-order chi connectivity index (χ0) is 14.4. The van der Waals surface area contributed by atoms with Crippen molar-refractivity contribution < 1.29 is 4.39 Å². The number of hydrogen-bond acceptors (Lipinski definition) is 1. The van der Waals surface area contributed by atoms with Gasteiger partial charge in [-0.15, -0.1) is 11.6 Å². The lowest BCUT2D eigenvalue weighted by atomic mass is 9.77. The molecule has 1 atom stereocenters. The number of aromatic nitrogens is 2. The predicted molar refractivity (Wildman–Crippen MR) is 82.1 cm³/mol. The molecule has 1 heterocycles. The monoisotopic (exact) mass is 300 g/mol. The molecule has 0 bridgehead atoms. The Bertz CT molecular complexity index is 825. The van der Waals surface area contributed by atoms with Crippen molar-refractivity contribution in [2.75, 3.05) is 0 Å². The van der Waals surface area contributed by atoms with Crippen molar-refractivity contribution in [1.82, 2.24) is 9.55 Å². The van der Waals surface area contributed by atoms with Crippen LogP contribution in [-0.4, -0.2) is 9.55 Å². The number of hydrogen-bond donors (Lipinski definition) is 0. The summed E-state index contributed by atoms with van der Waals surface area (Å²) in [7, 11) is 0. The van der Waals surface area contributed by atoms with E-state index < -0.39 is 0 Å². The first kappa shape index (κ1) is 12.8. The zero-order valence-electron chi connectivity index (χ0n) is 11.4. The average Bonchev–Trinajstić information content (AvgIpc) is 2.82. The molecule has 1 aliphatic carbocycles. The quantitative estimate of drug-likeness (QED) is 0.661. The van der Waals surface area contributed by atoms with Crippen LogP contribution >= 0.6 is 11.6 Å². The molecule has 0 saturated heterocycles. The van der Waals surface area contributed by atoms with Crippen LogP contribution in [0.5, 0.6) is 0 Å². The van der Waals surface area contributed by atoms with Crippen molar-refractivity contribution in [3.05, 3.63) is 65.2 Å². The van der Waals surface area contributed by atoms with E-state index in [-0.39, 0.29) is 5.82 Å². The lowest BCUT2D eigenvalue weighted by Crippen LogP contribution is -2.22. The molecule has 2 aromatic carbocycles. The van der Waals surface area contributed by atoms with E-state index in [1.165, 1.54) is 17.2 Å². The summed E-state index contributed by atoms with van der Waals surface area (Å²) in [6.45, 7) is 0.805. The summed E-state index contributed by atoms with van der Waals surface area (Å²) in [6, 6.07) is 13.2. The van der Waals surface area contributed by atoms with Crippen LogP contribution in [0.4, 0.5) is 4.39 Å². The fourth-order valence-corrected chi connectivity index (χ4v) is 3.40. The van der Waals surface area contributed by atoms with E-state index in [1.807, 2.05) is 0 Å². The third-order valence-electron chi connectivity index (χ3n) is 4.27. The number of nitrogens with zero attached hydrogens (tertiary/aromatic N) is 2. The molecule has 0 amide bonds. The van der Waals surface area contributed by atoms with E-state index in [2.05, 4.69) is 33.8 Å². The SMILES string of the molecule is Fc1ccc2nc(CCl)n(CC3Cc4ccccc43)c2c1. The number of fused-ring (bicyclic) bond motifs is 2. The van der Waals surface area contributed by atoms with Gasteiger partial charge in [0.25, 0.3) is 0 Å². The first-order valence-electron chi connectivity index (χ1n) is 7.04. The Morgan fingerprint density at radius 3 is 2.90 bits per heavy atom. The smallest absolute Gasteiger partial charge is 0.125 e. The van der Waals surface area contributed by atoms with Crippen molar-refractivity contribution in [2.24, 2.45) is 0 Å². The molecule has 1 unspecified atom stereocenters. The molecule has 0 N–H and O–H groups in total. The molecule has 4 rings (SSSR count). The molecule has 4 heteroatoms. The van der Waals surface area contributed by atoms with E-state index in [9.17, 15) is 4.39 Å². The van der Waals surface area contributed by atoms with Crippen molar-refractivity contribution in [1.29, 1.82) is 0 Å². The van der Waals surface area contributed by atoms with E-state index in [4.69, 9.17) is 11.6 Å². The van der Waals surface area contributed by atoms with Crippen LogP contribution in [0.2, 0.25) is 0 Å². The van der Waals surface area contributed by atoms with Crippen LogP contribution in [0.3, 0.4) is 0 Å². The molecule has 0 fully saturated rings. The van der Waals surface area contributed by atoms with Gasteiger partial charge >= 0.3 is 0 Å². The Hall–Kier alpha value is -1.87. The topological polar surface area (TPSA) is 17.8 Å². The Morgan fingerprint density at radius 1 is 1.24 bits per heavy atom. The summed E-state index contributed by atoms with van der Waals surface area (Å²) in [5, 5.41) is 0. The number of alkyl halides is 1. The second-order valence-electron chi connectivity index (χ2n) is 5.51. The molecule has 1 aliphatic rings. The van der Waals surface area contributed by atoms with E-state index in [0.717, 1.165) is 29.8 Å². The molecule has 21 heavy (non-hydrogen) atoms. The van der Waals surface area contributed by atoms with Crippen LogP contribution in [0.25, 0.3) is 11.0 Å². The highest BCUT2D eigenvalue weighted by Gasteiger charge is 2.27. The fourth-order valence-electron chi connectivity index (χ4n) is 3.20. The van der Waals surface area contributed by atoms with Crippen LogP contribution in [-0.2, 0) is 18.8 Å². The van der Waals surface area contributed by atoms with E-state index >= 15 is 0 Å². The Balaban J connectivity index is 1.75. The summed E-state index contributed by atoms with van der Waals surface area (Å²) in [5.74, 6) is 1.37. The molecule has 3 aromatic rings. The normalized spacial score (nSPS) is 16.8. The first-order chi connectivity index (χ1) is 10.3. The van der Waals surface area contributed by atoms with Crippen molar-refractivity contribution >= 4 is 22.6 Å². The summed E-state index contributed by atoms with van der Waals surface area (Å²) < 4.78 is 15.6. The fraction of sp³-hybridized carbons (Fsp3) is 0.235. The van der Waals surface area contributed by atoms with Gasteiger partial charge in [-0.2, -0.15) is 0 Å². The van der Waals surface area contributed by atoms with Crippen molar-refractivity contribution in [3.8, 4) is 0 Å². The predicted octanol–water partition coefficient (Wildman–Crippen LogP) is 4.25. The third-order valence-corrected chi connectivity index (χ3v) is 4.51.